The Bertz CT molecular complexity index is 454. The maximum Gasteiger partial charge on any atom is 0.143 e. The summed E-state index contributed by atoms with van der Waals surface area (Å²) in [5.41, 5.74) is 1.99. The fraction of sp³-hybridized carbons (Fsp3) is 0.417. The maximum absolute atomic E-state index is 5.36. The summed E-state index contributed by atoms with van der Waals surface area (Å²) in [4.78, 5) is 0. The summed E-state index contributed by atoms with van der Waals surface area (Å²) in [6, 6.07) is 8.21. The van der Waals surface area contributed by atoms with E-state index in [-0.39, 0.29) is 6.04 Å². The van der Waals surface area contributed by atoms with Gasteiger partial charge in [-0.2, -0.15) is 0 Å². The second kappa shape index (κ2) is 6.11. The van der Waals surface area contributed by atoms with Crippen LogP contribution < -0.4 is 5.32 Å². The molecule has 0 aliphatic rings. The molecule has 2 aromatic rings. The van der Waals surface area contributed by atoms with Crippen LogP contribution in [0.5, 0.6) is 0 Å². The molecule has 2 rings (SSSR count). The molecule has 1 heterocycles. The molecule has 0 amide bonds. The van der Waals surface area contributed by atoms with Crippen LogP contribution in [-0.2, 0) is 4.74 Å². The fourth-order valence-electron chi connectivity index (χ4n) is 1.61. The first-order chi connectivity index (χ1) is 8.79. The molecular formula is C12H17N5O. The largest absolute Gasteiger partial charge is 0.380 e. The number of ether oxygens (including phenoxy) is 1. The molecule has 0 fully saturated rings. The zero-order valence-corrected chi connectivity index (χ0v) is 10.6. The number of anilines is 1. The lowest BCUT2D eigenvalue weighted by atomic mass is 10.2. The van der Waals surface area contributed by atoms with Crippen LogP contribution in [0.2, 0.25) is 0 Å². The van der Waals surface area contributed by atoms with Gasteiger partial charge in [0.1, 0.15) is 6.33 Å². The lowest BCUT2D eigenvalue weighted by Gasteiger charge is -2.15. The van der Waals surface area contributed by atoms with Crippen molar-refractivity contribution in [3.05, 3.63) is 30.6 Å². The van der Waals surface area contributed by atoms with Gasteiger partial charge in [0.25, 0.3) is 0 Å². The Kier molecular flexibility index (Phi) is 4.25. The molecule has 0 saturated carbocycles. The number of hydrogen-bond donors (Lipinski definition) is 1. The number of hydrogen-bond acceptors (Lipinski definition) is 5. The van der Waals surface area contributed by atoms with E-state index < -0.39 is 0 Å². The van der Waals surface area contributed by atoms with E-state index in [0.717, 1.165) is 18.0 Å². The molecule has 1 aromatic heterocycles. The molecule has 6 nitrogen and oxygen atoms in total. The van der Waals surface area contributed by atoms with Crippen LogP contribution >= 0.6 is 0 Å². The summed E-state index contributed by atoms with van der Waals surface area (Å²) in [7, 11) is 0. The molecule has 0 aliphatic carbocycles. The molecule has 1 N–H and O–H groups in total. The average molecular weight is 247 g/mol. The van der Waals surface area contributed by atoms with Crippen molar-refractivity contribution >= 4 is 5.69 Å². The maximum atomic E-state index is 5.36. The number of rotatable bonds is 6. The molecule has 0 saturated heterocycles. The molecule has 0 spiro atoms. The molecule has 0 aliphatic heterocycles. The molecular weight excluding hydrogens is 230 g/mol. The highest BCUT2D eigenvalue weighted by atomic mass is 16.5. The summed E-state index contributed by atoms with van der Waals surface area (Å²) in [5.74, 6) is 0. The minimum absolute atomic E-state index is 0.281. The first kappa shape index (κ1) is 12.5. The van der Waals surface area contributed by atoms with Crippen molar-refractivity contribution in [2.45, 2.75) is 19.9 Å². The topological polar surface area (TPSA) is 64.9 Å². The van der Waals surface area contributed by atoms with Gasteiger partial charge < -0.3 is 10.1 Å². The smallest absolute Gasteiger partial charge is 0.143 e. The first-order valence-corrected chi connectivity index (χ1v) is 5.97. The molecule has 1 aromatic carbocycles. The number of tetrazole rings is 1. The zero-order valence-electron chi connectivity index (χ0n) is 10.6. The van der Waals surface area contributed by atoms with Gasteiger partial charge in [-0.25, -0.2) is 4.68 Å². The van der Waals surface area contributed by atoms with Crippen LogP contribution in [0.3, 0.4) is 0 Å². The zero-order chi connectivity index (χ0) is 12.8. The standard InChI is InChI=1S/C12H17N5O/c1-3-18-8-10(2)14-11-4-6-12(7-5-11)17-9-13-15-16-17/h4-7,9-10,14H,3,8H2,1-2H3. The highest BCUT2D eigenvalue weighted by Crippen LogP contribution is 2.12. The van der Waals surface area contributed by atoms with E-state index in [1.54, 1.807) is 11.0 Å². The lowest BCUT2D eigenvalue weighted by molar-refractivity contribution is 0.141. The highest BCUT2D eigenvalue weighted by molar-refractivity contribution is 5.48. The van der Waals surface area contributed by atoms with Gasteiger partial charge in [-0.15, -0.1) is 5.10 Å². The second-order valence-corrected chi connectivity index (χ2v) is 4.01. The third kappa shape index (κ3) is 3.27. The third-order valence-electron chi connectivity index (χ3n) is 2.47. The molecule has 0 radical (unpaired) electrons. The monoisotopic (exact) mass is 247 g/mol. The minimum Gasteiger partial charge on any atom is -0.380 e. The fourth-order valence-corrected chi connectivity index (χ4v) is 1.61. The Balaban J connectivity index is 1.95. The van der Waals surface area contributed by atoms with E-state index in [0.29, 0.717) is 6.61 Å². The average Bonchev–Trinajstić information content (AvgIpc) is 2.91. The van der Waals surface area contributed by atoms with Crippen molar-refractivity contribution in [1.29, 1.82) is 0 Å². The van der Waals surface area contributed by atoms with Crippen molar-refractivity contribution in [3.63, 3.8) is 0 Å². The van der Waals surface area contributed by atoms with Gasteiger partial charge in [-0.3, -0.25) is 0 Å². The van der Waals surface area contributed by atoms with Crippen LogP contribution in [0.25, 0.3) is 5.69 Å². The molecule has 1 unspecified atom stereocenters. The van der Waals surface area contributed by atoms with E-state index in [1.165, 1.54) is 0 Å². The van der Waals surface area contributed by atoms with Crippen LogP contribution in [0, 0.1) is 0 Å². The summed E-state index contributed by atoms with van der Waals surface area (Å²) >= 11 is 0. The number of benzene rings is 1. The van der Waals surface area contributed by atoms with Gasteiger partial charge in [0, 0.05) is 18.3 Å². The van der Waals surface area contributed by atoms with Crippen LogP contribution in [-0.4, -0.2) is 39.5 Å². The van der Waals surface area contributed by atoms with E-state index in [9.17, 15) is 0 Å². The quantitative estimate of drug-likeness (QED) is 0.838. The number of nitrogens with zero attached hydrogens (tertiary/aromatic N) is 4. The summed E-state index contributed by atoms with van der Waals surface area (Å²) in [5, 5.41) is 14.4. The predicted octanol–water partition coefficient (Wildman–Crippen LogP) is 1.50. The molecule has 1 atom stereocenters. The predicted molar refractivity (Wildman–Crippen MR) is 68.7 cm³/mol. The van der Waals surface area contributed by atoms with Crippen molar-refractivity contribution in [3.8, 4) is 5.69 Å². The Labute approximate surface area is 106 Å². The lowest BCUT2D eigenvalue weighted by Crippen LogP contribution is -2.21. The van der Waals surface area contributed by atoms with Gasteiger partial charge in [-0.1, -0.05) is 0 Å². The Morgan fingerprint density at radius 2 is 2.11 bits per heavy atom. The minimum atomic E-state index is 0.281. The van der Waals surface area contributed by atoms with Crippen LogP contribution in [0.15, 0.2) is 30.6 Å². The van der Waals surface area contributed by atoms with Crippen molar-refractivity contribution in [2.24, 2.45) is 0 Å². The van der Waals surface area contributed by atoms with Crippen molar-refractivity contribution in [2.75, 3.05) is 18.5 Å². The van der Waals surface area contributed by atoms with Gasteiger partial charge >= 0.3 is 0 Å². The van der Waals surface area contributed by atoms with Gasteiger partial charge in [-0.05, 0) is 48.5 Å². The molecule has 18 heavy (non-hydrogen) atoms. The Morgan fingerprint density at radius 3 is 2.72 bits per heavy atom. The van der Waals surface area contributed by atoms with Crippen LogP contribution in [0.4, 0.5) is 5.69 Å². The van der Waals surface area contributed by atoms with E-state index in [1.807, 2.05) is 31.2 Å². The van der Waals surface area contributed by atoms with E-state index in [4.69, 9.17) is 4.74 Å². The SMILES string of the molecule is CCOCC(C)Nc1ccc(-n2cnnn2)cc1. The molecule has 6 heteroatoms. The van der Waals surface area contributed by atoms with Crippen molar-refractivity contribution < 1.29 is 4.74 Å². The third-order valence-corrected chi connectivity index (χ3v) is 2.47. The summed E-state index contributed by atoms with van der Waals surface area (Å²) < 4.78 is 6.98. The van der Waals surface area contributed by atoms with Gasteiger partial charge in [0.05, 0.1) is 12.3 Å². The normalized spacial score (nSPS) is 12.3. The van der Waals surface area contributed by atoms with E-state index in [2.05, 4.69) is 27.8 Å². The van der Waals surface area contributed by atoms with Crippen LogP contribution in [0.1, 0.15) is 13.8 Å². The van der Waals surface area contributed by atoms with Crippen molar-refractivity contribution in [1.82, 2.24) is 20.2 Å². The van der Waals surface area contributed by atoms with E-state index >= 15 is 0 Å². The first-order valence-electron chi connectivity index (χ1n) is 5.97. The Morgan fingerprint density at radius 1 is 1.33 bits per heavy atom. The Hall–Kier alpha value is -1.95. The summed E-state index contributed by atoms with van der Waals surface area (Å²) in [6.07, 6.45) is 1.57. The molecule has 96 valence electrons. The number of aromatic nitrogens is 4. The van der Waals surface area contributed by atoms with Gasteiger partial charge in [0.15, 0.2) is 0 Å². The number of nitrogens with one attached hydrogen (secondary N) is 1. The summed E-state index contributed by atoms with van der Waals surface area (Å²) in [6.45, 7) is 5.52. The highest BCUT2D eigenvalue weighted by Gasteiger charge is 2.02. The molecule has 0 bridgehead atoms. The van der Waals surface area contributed by atoms with Gasteiger partial charge in [0.2, 0.25) is 0 Å². The second-order valence-electron chi connectivity index (χ2n) is 4.01.